The van der Waals surface area contributed by atoms with Crippen LogP contribution in [0.25, 0.3) is 0 Å². The molecule has 3 rings (SSSR count). The molecular weight excluding hydrogens is 518 g/mol. The Morgan fingerprint density at radius 3 is 2.44 bits per heavy atom. The monoisotopic (exact) mass is 535 g/mol. The van der Waals surface area contributed by atoms with Gasteiger partial charge in [0.2, 0.25) is 6.04 Å². The van der Waals surface area contributed by atoms with Crippen molar-refractivity contribution in [2.75, 3.05) is 11.6 Å². The van der Waals surface area contributed by atoms with Crippen molar-refractivity contribution in [1.82, 2.24) is 0 Å². The molecule has 1 aliphatic rings. The van der Waals surface area contributed by atoms with Crippen LogP contribution in [0.2, 0.25) is 10.0 Å². The standard InChI is InChI=1S/C20H18Cl2N4O6S.Na/c1-4-32-20(28)17-16(24-23-15-10(2)6-5-7-13(15)21)19(27)26(25-17)18-11(3)8-12(9-14(18)22)33(29,30)31;/h5-9,16H,4H2,1-3H3,(H,29,30,31);. The van der Waals surface area contributed by atoms with Gasteiger partial charge in [0.25, 0.3) is 16.0 Å². The molecule has 1 unspecified atom stereocenters. The molecule has 1 aliphatic heterocycles. The summed E-state index contributed by atoms with van der Waals surface area (Å²) in [6, 6.07) is 5.72. The molecule has 2 aromatic rings. The van der Waals surface area contributed by atoms with Crippen LogP contribution in [-0.2, 0) is 24.4 Å². The van der Waals surface area contributed by atoms with E-state index in [1.54, 1.807) is 32.0 Å². The molecule has 1 heterocycles. The zero-order valence-electron chi connectivity index (χ0n) is 18.6. The molecule has 34 heavy (non-hydrogen) atoms. The number of aryl methyl sites for hydroxylation is 2. The van der Waals surface area contributed by atoms with Crippen molar-refractivity contribution in [2.24, 2.45) is 15.3 Å². The van der Waals surface area contributed by atoms with E-state index in [9.17, 15) is 22.6 Å². The SMILES string of the molecule is CCOC(=O)C1=NN(c2c(C)cc(S(=O)(=O)O)cc2Cl)C(=O)C1N=Nc1c(C)cccc1Cl.[Na]. The number of carbonyl (C=O) groups is 2. The van der Waals surface area contributed by atoms with Crippen LogP contribution in [0.5, 0.6) is 0 Å². The fourth-order valence-corrected chi connectivity index (χ4v) is 4.32. The van der Waals surface area contributed by atoms with E-state index in [0.717, 1.165) is 17.1 Å². The molecule has 0 saturated carbocycles. The average molecular weight is 536 g/mol. The Kier molecular flexibility index (Phi) is 9.39. The van der Waals surface area contributed by atoms with Gasteiger partial charge in [0.15, 0.2) is 5.71 Å². The number of amides is 1. The zero-order chi connectivity index (χ0) is 24.5. The molecule has 0 bridgehead atoms. The molecule has 0 fully saturated rings. The van der Waals surface area contributed by atoms with Gasteiger partial charge in [-0.15, -0.1) is 0 Å². The predicted molar refractivity (Wildman–Crippen MR) is 128 cm³/mol. The van der Waals surface area contributed by atoms with Gasteiger partial charge in [0.05, 0.1) is 27.2 Å². The number of carbonyl (C=O) groups excluding carboxylic acids is 2. The van der Waals surface area contributed by atoms with Crippen molar-refractivity contribution in [2.45, 2.75) is 31.7 Å². The minimum Gasteiger partial charge on any atom is -0.461 e. The Labute approximate surface area is 228 Å². The third-order valence-electron chi connectivity index (χ3n) is 4.59. The third-order valence-corrected chi connectivity index (χ3v) is 6.02. The molecule has 1 N–H and O–H groups in total. The van der Waals surface area contributed by atoms with Gasteiger partial charge in [-0.3, -0.25) is 9.35 Å². The van der Waals surface area contributed by atoms with Crippen LogP contribution in [0.4, 0.5) is 11.4 Å². The van der Waals surface area contributed by atoms with E-state index < -0.39 is 32.9 Å². The number of anilines is 1. The fraction of sp³-hybridized carbons (Fsp3) is 0.250. The van der Waals surface area contributed by atoms with E-state index in [2.05, 4.69) is 15.3 Å². The maximum absolute atomic E-state index is 13.2. The van der Waals surface area contributed by atoms with Crippen LogP contribution in [0, 0.1) is 13.8 Å². The molecule has 2 aromatic carbocycles. The van der Waals surface area contributed by atoms with Crippen LogP contribution in [0.1, 0.15) is 18.1 Å². The second-order valence-electron chi connectivity index (χ2n) is 6.92. The van der Waals surface area contributed by atoms with Gasteiger partial charge in [0.1, 0.15) is 5.69 Å². The molecule has 1 radical (unpaired) electrons. The normalized spacial score (nSPS) is 15.9. The molecule has 0 aromatic heterocycles. The second kappa shape index (κ2) is 11.3. The maximum atomic E-state index is 13.2. The van der Waals surface area contributed by atoms with Crippen molar-refractivity contribution in [3.05, 3.63) is 51.5 Å². The van der Waals surface area contributed by atoms with Crippen molar-refractivity contribution in [3.8, 4) is 0 Å². The van der Waals surface area contributed by atoms with Crippen LogP contribution >= 0.6 is 23.2 Å². The second-order valence-corrected chi connectivity index (χ2v) is 9.16. The van der Waals surface area contributed by atoms with Crippen molar-refractivity contribution in [1.29, 1.82) is 0 Å². The van der Waals surface area contributed by atoms with E-state index >= 15 is 0 Å². The van der Waals surface area contributed by atoms with E-state index in [4.69, 9.17) is 27.9 Å². The summed E-state index contributed by atoms with van der Waals surface area (Å²) >= 11 is 12.4. The molecule has 1 atom stereocenters. The van der Waals surface area contributed by atoms with Crippen LogP contribution < -0.4 is 5.01 Å². The number of rotatable bonds is 6. The van der Waals surface area contributed by atoms with Gasteiger partial charge in [-0.05, 0) is 50.1 Å². The first kappa shape index (κ1) is 28.4. The summed E-state index contributed by atoms with van der Waals surface area (Å²) < 4.78 is 37.2. The first-order chi connectivity index (χ1) is 15.5. The Balaban J connectivity index is 0.00000408. The average Bonchev–Trinajstić information content (AvgIpc) is 3.03. The number of hydrazone groups is 1. The number of esters is 1. The Hall–Kier alpha value is -1.86. The summed E-state index contributed by atoms with van der Waals surface area (Å²) in [6.07, 6.45) is 0. The summed E-state index contributed by atoms with van der Waals surface area (Å²) in [6.45, 7) is 4.84. The van der Waals surface area contributed by atoms with Crippen LogP contribution in [-0.4, -0.2) is 72.8 Å². The van der Waals surface area contributed by atoms with Gasteiger partial charge in [-0.1, -0.05) is 35.3 Å². The first-order valence-corrected chi connectivity index (χ1v) is 11.7. The summed E-state index contributed by atoms with van der Waals surface area (Å²) in [5.41, 5.74) is 0.908. The first-order valence-electron chi connectivity index (χ1n) is 9.48. The van der Waals surface area contributed by atoms with Crippen molar-refractivity contribution < 1.29 is 27.3 Å². The summed E-state index contributed by atoms with van der Waals surface area (Å²) in [4.78, 5) is 25.2. The zero-order valence-corrected chi connectivity index (χ0v) is 22.9. The number of hydrogen-bond acceptors (Lipinski definition) is 8. The number of hydrogen-bond donors (Lipinski definition) is 1. The number of benzene rings is 2. The van der Waals surface area contributed by atoms with E-state index in [1.807, 2.05) is 0 Å². The summed E-state index contributed by atoms with van der Waals surface area (Å²) in [5.74, 6) is -1.65. The van der Waals surface area contributed by atoms with Gasteiger partial charge in [-0.2, -0.15) is 28.8 Å². The van der Waals surface area contributed by atoms with Gasteiger partial charge >= 0.3 is 5.97 Å². The molecular formula is C20H18Cl2N4NaO6S. The topological polar surface area (TPSA) is 138 Å². The predicted octanol–water partition coefficient (Wildman–Crippen LogP) is 3.89. The summed E-state index contributed by atoms with van der Waals surface area (Å²) in [5, 5.41) is 13.1. The number of nitrogens with zero attached hydrogens (tertiary/aromatic N) is 4. The van der Waals surface area contributed by atoms with Crippen LogP contribution in [0.15, 0.2) is 50.6 Å². The minimum atomic E-state index is -4.54. The van der Waals surface area contributed by atoms with E-state index in [0.29, 0.717) is 16.3 Å². The largest absolute Gasteiger partial charge is 0.461 e. The third kappa shape index (κ3) is 5.85. The molecule has 14 heteroatoms. The van der Waals surface area contributed by atoms with E-state index in [1.165, 1.54) is 6.92 Å². The molecule has 0 spiro atoms. The van der Waals surface area contributed by atoms with Gasteiger partial charge in [0, 0.05) is 29.6 Å². The molecule has 10 nitrogen and oxygen atoms in total. The van der Waals surface area contributed by atoms with Gasteiger partial charge in [-0.25, -0.2) is 4.79 Å². The van der Waals surface area contributed by atoms with Crippen molar-refractivity contribution in [3.63, 3.8) is 0 Å². The minimum absolute atomic E-state index is 0. The number of halogens is 2. The smallest absolute Gasteiger partial charge is 0.357 e. The number of ether oxygens (including phenoxy) is 1. The van der Waals surface area contributed by atoms with Crippen LogP contribution in [0.3, 0.4) is 0 Å². The maximum Gasteiger partial charge on any atom is 0.357 e. The Bertz CT molecular complexity index is 1270. The Morgan fingerprint density at radius 1 is 1.21 bits per heavy atom. The number of azo groups is 1. The Morgan fingerprint density at radius 2 is 1.88 bits per heavy atom. The quantitative estimate of drug-likeness (QED) is 0.257. The van der Waals surface area contributed by atoms with Crippen molar-refractivity contribution >= 4 is 91.8 Å². The molecule has 175 valence electrons. The molecule has 0 saturated heterocycles. The fourth-order valence-electron chi connectivity index (χ4n) is 3.05. The summed E-state index contributed by atoms with van der Waals surface area (Å²) in [7, 11) is -4.54. The van der Waals surface area contributed by atoms with E-state index in [-0.39, 0.29) is 58.1 Å². The molecule has 1 amide bonds. The van der Waals surface area contributed by atoms with Gasteiger partial charge < -0.3 is 4.74 Å². The molecule has 0 aliphatic carbocycles.